The number of rotatable bonds is 1. The molecule has 1 fully saturated rings. The topological polar surface area (TPSA) is 13.1 Å². The Bertz CT molecular complexity index is 370. The van der Waals surface area contributed by atoms with E-state index < -0.39 is 0 Å². The zero-order chi connectivity index (χ0) is 13.5. The van der Waals surface area contributed by atoms with Gasteiger partial charge in [-0.25, -0.2) is 0 Å². The number of nitrogens with zero attached hydrogens (tertiary/aromatic N) is 3. The molecule has 0 amide bonds. The Morgan fingerprint density at radius 3 is 1.78 bits per heavy atom. The summed E-state index contributed by atoms with van der Waals surface area (Å²) in [6.45, 7) is 0. The third-order valence-corrected chi connectivity index (χ3v) is 6.33. The maximum Gasteiger partial charge on any atom is 0.0311 e. The Hall–Kier alpha value is 1.32. The summed E-state index contributed by atoms with van der Waals surface area (Å²) in [5, 5.41) is 0. The molecule has 0 radical (unpaired) electrons. The summed E-state index contributed by atoms with van der Waals surface area (Å²) in [6, 6.07) is 0.851. The van der Waals surface area contributed by atoms with Crippen LogP contribution in [0.5, 0.6) is 0 Å². The fourth-order valence-corrected chi connectivity index (χ4v) is 3.47. The van der Waals surface area contributed by atoms with E-state index in [1.54, 1.807) is 0 Å². The Morgan fingerprint density at radius 1 is 1.06 bits per heavy atom. The third kappa shape index (κ3) is 6.18. The van der Waals surface area contributed by atoms with Crippen LogP contribution in [0.3, 0.4) is 0 Å². The van der Waals surface area contributed by atoms with E-state index >= 15 is 0 Å². The van der Waals surface area contributed by atoms with Crippen LogP contribution in [-0.2, 0) is 33.4 Å². The molecule has 0 bridgehead atoms. The fraction of sp³-hybridized carbons (Fsp3) is 0.750. The van der Waals surface area contributed by atoms with Crippen LogP contribution < -0.4 is 0 Å². The minimum Gasteiger partial charge on any atom is -0.185 e. The van der Waals surface area contributed by atoms with Gasteiger partial charge in [0.1, 0.15) is 0 Å². The van der Waals surface area contributed by atoms with E-state index in [1.807, 2.05) is 26.5 Å². The van der Waals surface area contributed by atoms with Gasteiger partial charge in [0, 0.05) is 51.8 Å². The molecule has 0 spiro atoms. The molecule has 1 aliphatic carbocycles. The van der Waals surface area contributed by atoms with Gasteiger partial charge in [-0.1, -0.05) is 25.7 Å². The van der Waals surface area contributed by atoms with E-state index in [1.165, 1.54) is 42.3 Å². The Kier molecular flexibility index (Phi) is 8.97. The molecule has 1 aliphatic rings. The molecule has 0 atom stereocenters. The summed E-state index contributed by atoms with van der Waals surface area (Å²) >= 11 is 7.07. The van der Waals surface area contributed by atoms with Crippen molar-refractivity contribution in [1.82, 2.24) is 10.5 Å². The van der Waals surface area contributed by atoms with Crippen LogP contribution in [0.1, 0.15) is 38.5 Å². The number of aromatic nitrogens is 2. The number of imidazole rings is 1. The minimum absolute atomic E-state index is 0.851. The molecule has 0 aromatic carbocycles. The molecule has 0 aliphatic heterocycles. The molecule has 108 valence electrons. The maximum absolute atomic E-state index is 2.40. The predicted molar refractivity (Wildman–Crippen MR) is 89.0 cm³/mol. The summed E-state index contributed by atoms with van der Waals surface area (Å²) < 4.78 is 7.70. The van der Waals surface area contributed by atoms with E-state index in [4.69, 9.17) is 0 Å². The average Bonchev–Trinajstić information content (AvgIpc) is 2.61. The molecule has 18 heavy (non-hydrogen) atoms. The summed E-state index contributed by atoms with van der Waals surface area (Å²) in [4.78, 5) is 0. The average molecular weight is 656 g/mol. The van der Waals surface area contributed by atoms with Crippen molar-refractivity contribution in [2.24, 2.45) is 14.1 Å². The van der Waals surface area contributed by atoms with Crippen LogP contribution in [0.15, 0.2) is 12.4 Å². The quantitative estimate of drug-likeness (QED) is 0.252. The largest absolute Gasteiger partial charge is 0.185 e. The van der Waals surface area contributed by atoms with Crippen LogP contribution in [-0.4, -0.2) is 16.5 Å². The Labute approximate surface area is 149 Å². The maximum atomic E-state index is 2.40. The second-order valence-corrected chi connectivity index (χ2v) is 9.61. The van der Waals surface area contributed by atoms with Crippen LogP contribution in [0.25, 0.3) is 0 Å². The molecule has 1 heterocycles. The van der Waals surface area contributed by atoms with Crippen molar-refractivity contribution in [2.75, 3.05) is 0 Å². The molecular formula is C12H21I2N3Pt. The summed E-state index contributed by atoms with van der Waals surface area (Å²) in [7, 11) is 4.06. The number of hydrogen-bond acceptors (Lipinski definition) is 1. The molecule has 1 aromatic rings. The van der Waals surface area contributed by atoms with Gasteiger partial charge in [-0.2, -0.15) is 1.33 Å². The van der Waals surface area contributed by atoms with Gasteiger partial charge in [0.05, 0.1) is 0 Å². The van der Waals surface area contributed by atoms with Gasteiger partial charge in [0.15, 0.2) is 0 Å². The van der Waals surface area contributed by atoms with Crippen molar-refractivity contribution in [3.05, 3.63) is 16.2 Å². The molecule has 0 saturated heterocycles. The Balaban J connectivity index is 0.000000184. The first-order valence-corrected chi connectivity index (χ1v) is 9.33. The van der Waals surface area contributed by atoms with E-state index in [2.05, 4.69) is 75.5 Å². The van der Waals surface area contributed by atoms with Crippen LogP contribution in [0.2, 0.25) is 0 Å². The van der Waals surface area contributed by atoms with Crippen molar-refractivity contribution < 1.29 is 19.4 Å². The molecule has 6 heteroatoms. The first kappa shape index (κ1) is 17.4. The molecule has 0 N–H and O–H groups in total. The Morgan fingerprint density at radius 2 is 1.50 bits per heavy atom. The number of hydrogen-bond donors (Lipinski definition) is 0. The van der Waals surface area contributed by atoms with Gasteiger partial charge in [0.2, 0.25) is 0 Å². The first-order valence-electron chi connectivity index (χ1n) is 6.26. The second kappa shape index (κ2) is 9.29. The normalized spacial score (nSPS) is 17.3. The molecular weight excluding hydrogens is 635 g/mol. The van der Waals surface area contributed by atoms with Crippen molar-refractivity contribution in [1.29, 1.82) is 0 Å². The zero-order valence-electron chi connectivity index (χ0n) is 10.9. The standard InChI is InChI=1S/C7H13I2N.C5H8N2.Pt/c8-10(9)7-5-3-1-2-4-6-7;1-6-3-4-7(2)5-6;/h7H,1-6H2;3-4H,1-2H3;. The SMILES string of the molecule is Cn1ccn(C)[c]1=[Pt].IN(I)C1CCCCCC1. The van der Waals surface area contributed by atoms with Gasteiger partial charge in [-0.05, 0) is 12.8 Å². The van der Waals surface area contributed by atoms with Gasteiger partial charge >= 0.3 is 58.8 Å². The van der Waals surface area contributed by atoms with Gasteiger partial charge in [-0.3, -0.25) is 0 Å². The van der Waals surface area contributed by atoms with Gasteiger partial charge in [0.25, 0.3) is 0 Å². The molecule has 0 unspecified atom stereocenters. The summed E-state index contributed by atoms with van der Waals surface area (Å²) in [6.07, 6.45) is 12.7. The second-order valence-electron chi connectivity index (χ2n) is 4.67. The van der Waals surface area contributed by atoms with Gasteiger partial charge in [-0.15, -0.1) is 0 Å². The van der Waals surface area contributed by atoms with Crippen LogP contribution in [0, 0.1) is 3.80 Å². The minimum atomic E-state index is 0.851. The van der Waals surface area contributed by atoms with Gasteiger partial charge < -0.3 is 0 Å². The third-order valence-electron chi connectivity index (χ3n) is 3.15. The van der Waals surface area contributed by atoms with Crippen LogP contribution in [0.4, 0.5) is 0 Å². The molecule has 2 rings (SSSR count). The van der Waals surface area contributed by atoms with Crippen molar-refractivity contribution in [3.63, 3.8) is 0 Å². The van der Waals surface area contributed by atoms with Crippen molar-refractivity contribution >= 4 is 45.7 Å². The monoisotopic (exact) mass is 656 g/mol. The number of aryl methyl sites for hydroxylation is 2. The first-order chi connectivity index (χ1) is 8.52. The van der Waals surface area contributed by atoms with Crippen molar-refractivity contribution in [2.45, 2.75) is 44.6 Å². The van der Waals surface area contributed by atoms with E-state index in [-0.39, 0.29) is 0 Å². The fourth-order valence-electron chi connectivity index (χ4n) is 2.02. The van der Waals surface area contributed by atoms with E-state index in [0.717, 1.165) is 6.04 Å². The van der Waals surface area contributed by atoms with E-state index in [0.29, 0.717) is 0 Å². The van der Waals surface area contributed by atoms with Crippen molar-refractivity contribution in [3.8, 4) is 0 Å². The smallest absolute Gasteiger partial charge is 0.0311 e. The van der Waals surface area contributed by atoms with Crippen LogP contribution >= 0.6 is 45.7 Å². The molecule has 1 aromatic heterocycles. The summed E-state index contributed by atoms with van der Waals surface area (Å²) in [5.41, 5.74) is 0. The molecule has 1 saturated carbocycles. The number of halogens is 2. The zero-order valence-corrected chi connectivity index (χ0v) is 17.5. The summed E-state index contributed by atoms with van der Waals surface area (Å²) in [5.74, 6) is 0. The molecule has 3 nitrogen and oxygen atoms in total. The van der Waals surface area contributed by atoms with E-state index in [9.17, 15) is 0 Å². The predicted octanol–water partition coefficient (Wildman–Crippen LogP) is 4.15.